The molecular formula is C18H17N3O2S. The van der Waals surface area contributed by atoms with Crippen molar-refractivity contribution in [2.45, 2.75) is 18.2 Å². The molecule has 24 heavy (non-hydrogen) atoms. The number of anilines is 2. The smallest absolute Gasteiger partial charge is 0.248 e. The number of amidine groups is 1. The van der Waals surface area contributed by atoms with E-state index < -0.39 is 0 Å². The Kier molecular flexibility index (Phi) is 3.90. The molecule has 0 aliphatic carbocycles. The number of amides is 1. The Bertz CT molecular complexity index is 854. The maximum Gasteiger partial charge on any atom is 0.248 e. The third-order valence-corrected chi connectivity index (χ3v) is 5.05. The van der Waals surface area contributed by atoms with Crippen LogP contribution < -0.4 is 10.2 Å². The molecule has 0 saturated carbocycles. The Morgan fingerprint density at radius 3 is 3.17 bits per heavy atom. The van der Waals surface area contributed by atoms with E-state index in [0.29, 0.717) is 5.76 Å². The number of carbonyl (C=O) groups excluding carboxylic acids is 1. The molecular weight excluding hydrogens is 322 g/mol. The second kappa shape index (κ2) is 6.20. The van der Waals surface area contributed by atoms with Gasteiger partial charge in [-0.15, -0.1) is 0 Å². The molecule has 2 aromatic rings. The van der Waals surface area contributed by atoms with Gasteiger partial charge in [-0.05, 0) is 48.2 Å². The Morgan fingerprint density at radius 1 is 1.42 bits per heavy atom. The number of nitrogens with zero attached hydrogens (tertiary/aromatic N) is 2. The molecule has 1 aromatic heterocycles. The number of hydrogen-bond acceptors (Lipinski definition) is 5. The quantitative estimate of drug-likeness (QED) is 0.862. The van der Waals surface area contributed by atoms with Crippen molar-refractivity contribution < 1.29 is 9.21 Å². The lowest BCUT2D eigenvalue weighted by Gasteiger charge is -2.13. The molecule has 0 bridgehead atoms. The van der Waals surface area contributed by atoms with Crippen LogP contribution in [-0.2, 0) is 11.2 Å². The third-order valence-electron chi connectivity index (χ3n) is 3.95. The Morgan fingerprint density at radius 2 is 2.33 bits per heavy atom. The fourth-order valence-corrected chi connectivity index (χ4v) is 3.81. The van der Waals surface area contributed by atoms with E-state index in [-0.39, 0.29) is 5.91 Å². The maximum atomic E-state index is 12.1. The van der Waals surface area contributed by atoms with Crippen molar-refractivity contribution in [2.75, 3.05) is 23.3 Å². The van der Waals surface area contributed by atoms with E-state index in [1.807, 2.05) is 37.3 Å². The molecule has 4 rings (SSSR count). The predicted octanol–water partition coefficient (Wildman–Crippen LogP) is 3.78. The van der Waals surface area contributed by atoms with Gasteiger partial charge in [0.15, 0.2) is 5.17 Å². The van der Waals surface area contributed by atoms with Crippen molar-refractivity contribution in [3.8, 4) is 0 Å². The first kappa shape index (κ1) is 15.1. The summed E-state index contributed by atoms with van der Waals surface area (Å²) < 4.78 is 5.55. The van der Waals surface area contributed by atoms with Crippen LogP contribution in [-0.4, -0.2) is 24.2 Å². The van der Waals surface area contributed by atoms with E-state index in [4.69, 9.17) is 4.42 Å². The highest BCUT2D eigenvalue weighted by Crippen LogP contribution is 2.43. The summed E-state index contributed by atoms with van der Waals surface area (Å²) in [5.74, 6) is 1.42. The molecule has 0 unspecified atom stereocenters. The van der Waals surface area contributed by atoms with Crippen molar-refractivity contribution in [2.24, 2.45) is 4.99 Å². The maximum absolute atomic E-state index is 12.1. The monoisotopic (exact) mass is 339 g/mol. The number of nitrogens with one attached hydrogen (secondary N) is 1. The van der Waals surface area contributed by atoms with Crippen molar-refractivity contribution in [3.05, 3.63) is 47.9 Å². The van der Waals surface area contributed by atoms with E-state index in [2.05, 4.69) is 15.2 Å². The Balaban J connectivity index is 1.45. The molecule has 122 valence electrons. The number of aryl methyl sites for hydroxylation is 1. The second-order valence-electron chi connectivity index (χ2n) is 5.58. The van der Waals surface area contributed by atoms with Crippen LogP contribution in [0.3, 0.4) is 0 Å². The van der Waals surface area contributed by atoms with Crippen LogP contribution in [0.25, 0.3) is 6.08 Å². The highest BCUT2D eigenvalue weighted by molar-refractivity contribution is 8.14. The molecule has 0 saturated heterocycles. The van der Waals surface area contributed by atoms with Crippen LogP contribution in [0, 0.1) is 0 Å². The molecule has 0 spiro atoms. The summed E-state index contributed by atoms with van der Waals surface area (Å²) >= 11 is 1.68. The van der Waals surface area contributed by atoms with E-state index >= 15 is 0 Å². The first-order valence-corrected chi connectivity index (χ1v) is 8.76. The number of thioether (sulfide) groups is 1. The Labute approximate surface area is 144 Å². The number of hydrogen-bond donors (Lipinski definition) is 1. The van der Waals surface area contributed by atoms with Gasteiger partial charge in [-0.2, -0.15) is 0 Å². The SMILES string of the molecule is CCc1ccc(C=CC(=O)Nc2ccc3c(c2)N2CCN=C2S3)o1. The summed E-state index contributed by atoms with van der Waals surface area (Å²) in [7, 11) is 0. The van der Waals surface area contributed by atoms with Crippen molar-refractivity contribution in [1.82, 2.24) is 0 Å². The Hall–Kier alpha value is -2.47. The van der Waals surface area contributed by atoms with Gasteiger partial charge in [-0.1, -0.05) is 6.92 Å². The van der Waals surface area contributed by atoms with E-state index in [0.717, 1.165) is 41.8 Å². The number of fused-ring (bicyclic) bond motifs is 3. The minimum atomic E-state index is -0.176. The van der Waals surface area contributed by atoms with Gasteiger partial charge >= 0.3 is 0 Å². The minimum Gasteiger partial charge on any atom is -0.462 e. The molecule has 5 nitrogen and oxygen atoms in total. The van der Waals surface area contributed by atoms with Crippen LogP contribution in [0.4, 0.5) is 11.4 Å². The largest absolute Gasteiger partial charge is 0.462 e. The molecule has 3 heterocycles. The van der Waals surface area contributed by atoms with Crippen molar-refractivity contribution >= 4 is 40.3 Å². The number of benzene rings is 1. The number of rotatable bonds is 4. The van der Waals surface area contributed by atoms with Gasteiger partial charge < -0.3 is 14.6 Å². The zero-order chi connectivity index (χ0) is 16.5. The van der Waals surface area contributed by atoms with Gasteiger partial charge in [-0.3, -0.25) is 9.79 Å². The summed E-state index contributed by atoms with van der Waals surface area (Å²) in [5, 5.41) is 3.95. The molecule has 6 heteroatoms. The first-order valence-electron chi connectivity index (χ1n) is 7.94. The molecule has 0 atom stereocenters. The zero-order valence-corrected chi connectivity index (χ0v) is 14.1. The van der Waals surface area contributed by atoms with Gasteiger partial charge in [0.1, 0.15) is 11.5 Å². The van der Waals surface area contributed by atoms with Crippen molar-refractivity contribution in [1.29, 1.82) is 0 Å². The van der Waals surface area contributed by atoms with Gasteiger partial charge in [0, 0.05) is 29.6 Å². The third kappa shape index (κ3) is 2.85. The lowest BCUT2D eigenvalue weighted by molar-refractivity contribution is -0.111. The highest BCUT2D eigenvalue weighted by atomic mass is 32.2. The van der Waals surface area contributed by atoms with Crippen LogP contribution in [0.15, 0.2) is 50.7 Å². The van der Waals surface area contributed by atoms with Gasteiger partial charge in [0.2, 0.25) is 5.91 Å². The van der Waals surface area contributed by atoms with Crippen LogP contribution in [0.2, 0.25) is 0 Å². The molecule has 2 aliphatic heterocycles. The molecule has 0 fully saturated rings. The lowest BCUT2D eigenvalue weighted by Crippen LogP contribution is -2.20. The number of aliphatic imine (C=N–C) groups is 1. The second-order valence-corrected chi connectivity index (χ2v) is 6.59. The van der Waals surface area contributed by atoms with E-state index in [1.54, 1.807) is 17.8 Å². The standard InChI is InChI=1S/C18H17N3O2S/c1-2-13-4-5-14(23-13)6-8-17(22)20-12-3-7-16-15(11-12)21-10-9-19-18(21)24-16/h3-8,11H,2,9-10H2,1H3,(H,20,22). The topological polar surface area (TPSA) is 57.8 Å². The lowest BCUT2D eigenvalue weighted by atomic mass is 10.2. The van der Waals surface area contributed by atoms with Gasteiger partial charge in [-0.25, -0.2) is 0 Å². The molecule has 1 amide bonds. The number of furan rings is 1. The van der Waals surface area contributed by atoms with Crippen molar-refractivity contribution in [3.63, 3.8) is 0 Å². The highest BCUT2D eigenvalue weighted by Gasteiger charge is 2.29. The summed E-state index contributed by atoms with van der Waals surface area (Å²) in [6.45, 7) is 3.77. The fraction of sp³-hybridized carbons (Fsp3) is 0.222. The minimum absolute atomic E-state index is 0.176. The van der Waals surface area contributed by atoms with E-state index in [9.17, 15) is 4.79 Å². The average molecular weight is 339 g/mol. The van der Waals surface area contributed by atoms with Gasteiger partial charge in [0.05, 0.1) is 12.2 Å². The van der Waals surface area contributed by atoms with Gasteiger partial charge in [0.25, 0.3) is 0 Å². The van der Waals surface area contributed by atoms with E-state index in [1.165, 1.54) is 11.0 Å². The fourth-order valence-electron chi connectivity index (χ4n) is 2.74. The summed E-state index contributed by atoms with van der Waals surface area (Å²) in [6, 6.07) is 9.74. The first-order chi connectivity index (χ1) is 11.7. The van der Waals surface area contributed by atoms with Crippen LogP contribution in [0.1, 0.15) is 18.4 Å². The molecule has 0 radical (unpaired) electrons. The normalized spacial score (nSPS) is 15.5. The molecule has 1 aromatic carbocycles. The van der Waals surface area contributed by atoms with Crippen LogP contribution in [0.5, 0.6) is 0 Å². The van der Waals surface area contributed by atoms with Crippen LogP contribution >= 0.6 is 11.8 Å². The zero-order valence-electron chi connectivity index (χ0n) is 13.3. The number of carbonyl (C=O) groups is 1. The summed E-state index contributed by atoms with van der Waals surface area (Å²) in [4.78, 5) is 20.0. The molecule has 2 aliphatic rings. The summed E-state index contributed by atoms with van der Waals surface area (Å²) in [6.07, 6.45) is 4.01. The average Bonchev–Trinajstić information content (AvgIpc) is 3.28. The molecule has 1 N–H and O–H groups in total. The predicted molar refractivity (Wildman–Crippen MR) is 97.7 cm³/mol. The summed E-state index contributed by atoms with van der Waals surface area (Å²) in [5.41, 5.74) is 1.91.